The molecule has 1 aromatic carbocycles. The summed E-state index contributed by atoms with van der Waals surface area (Å²) in [5.74, 6) is 0. The molecule has 1 atom stereocenters. The lowest BCUT2D eigenvalue weighted by atomic mass is 10.0. The molecule has 68 valence electrons. The van der Waals surface area contributed by atoms with Gasteiger partial charge in [0.15, 0.2) is 0 Å². The summed E-state index contributed by atoms with van der Waals surface area (Å²) in [6.45, 7) is 1.92. The zero-order valence-electron chi connectivity index (χ0n) is 7.42. The smallest absolute Gasteiger partial charge is 0.0641 e. The van der Waals surface area contributed by atoms with Crippen molar-refractivity contribution in [3.8, 4) is 6.07 Å². The van der Waals surface area contributed by atoms with Crippen LogP contribution in [0.5, 0.6) is 0 Å². The Morgan fingerprint density at radius 1 is 1.62 bits per heavy atom. The first-order chi connectivity index (χ1) is 6.15. The van der Waals surface area contributed by atoms with E-state index in [9.17, 15) is 0 Å². The van der Waals surface area contributed by atoms with Crippen molar-refractivity contribution in [2.45, 2.75) is 19.4 Å². The van der Waals surface area contributed by atoms with Crippen LogP contribution in [0.15, 0.2) is 18.2 Å². The van der Waals surface area contributed by atoms with E-state index in [1.54, 1.807) is 0 Å². The van der Waals surface area contributed by atoms with Crippen LogP contribution in [-0.4, -0.2) is 0 Å². The Morgan fingerprint density at radius 3 is 2.85 bits per heavy atom. The molecule has 0 unspecified atom stereocenters. The minimum absolute atomic E-state index is 0.207. The molecule has 13 heavy (non-hydrogen) atoms. The van der Waals surface area contributed by atoms with Crippen molar-refractivity contribution in [1.29, 1.82) is 5.26 Å². The molecular weight excluding hydrogens is 184 g/mol. The molecule has 0 aliphatic rings. The van der Waals surface area contributed by atoms with Crippen LogP contribution >= 0.6 is 11.6 Å². The number of benzene rings is 1. The van der Waals surface area contributed by atoms with Gasteiger partial charge in [0.25, 0.3) is 0 Å². The van der Waals surface area contributed by atoms with E-state index in [1.165, 1.54) is 0 Å². The van der Waals surface area contributed by atoms with Gasteiger partial charge in [-0.2, -0.15) is 5.26 Å². The van der Waals surface area contributed by atoms with Gasteiger partial charge >= 0.3 is 0 Å². The number of nitrogens with zero attached hydrogens (tertiary/aromatic N) is 1. The van der Waals surface area contributed by atoms with Crippen LogP contribution in [0.1, 0.15) is 23.6 Å². The summed E-state index contributed by atoms with van der Waals surface area (Å²) in [5, 5.41) is 9.20. The second kappa shape index (κ2) is 4.27. The van der Waals surface area contributed by atoms with Gasteiger partial charge in [0.2, 0.25) is 0 Å². The fourth-order valence-electron chi connectivity index (χ4n) is 1.11. The van der Waals surface area contributed by atoms with Crippen LogP contribution in [-0.2, 0) is 0 Å². The molecule has 0 aliphatic carbocycles. The third kappa shape index (κ3) is 2.45. The number of nitrogens with two attached hydrogens (primary N) is 1. The van der Waals surface area contributed by atoms with Gasteiger partial charge in [-0.25, -0.2) is 0 Å². The lowest BCUT2D eigenvalue weighted by Crippen LogP contribution is -2.09. The fourth-order valence-corrected chi connectivity index (χ4v) is 1.23. The average Bonchev–Trinajstić information content (AvgIpc) is 2.10. The molecule has 0 saturated carbocycles. The second-order valence-electron chi connectivity index (χ2n) is 2.98. The van der Waals surface area contributed by atoms with Gasteiger partial charge in [0.1, 0.15) is 0 Å². The predicted octanol–water partition coefficient (Wildman–Crippen LogP) is 2.56. The minimum atomic E-state index is -0.207. The number of halogens is 1. The summed E-state index contributed by atoms with van der Waals surface area (Å²) >= 11 is 5.86. The van der Waals surface area contributed by atoms with Crippen molar-refractivity contribution in [2.24, 2.45) is 5.73 Å². The number of hydrogen-bond donors (Lipinski definition) is 1. The van der Waals surface area contributed by atoms with Gasteiger partial charge in [-0.3, -0.25) is 0 Å². The summed E-state index contributed by atoms with van der Waals surface area (Å²) in [5.41, 5.74) is 7.71. The topological polar surface area (TPSA) is 49.8 Å². The summed E-state index contributed by atoms with van der Waals surface area (Å²) < 4.78 is 0. The summed E-state index contributed by atoms with van der Waals surface area (Å²) in [6, 6.07) is 7.42. The van der Waals surface area contributed by atoms with Crippen molar-refractivity contribution >= 4 is 11.6 Å². The van der Waals surface area contributed by atoms with Gasteiger partial charge in [-0.15, -0.1) is 0 Å². The highest BCUT2D eigenvalue weighted by Gasteiger charge is 2.06. The molecule has 0 aliphatic heterocycles. The highest BCUT2D eigenvalue weighted by Crippen LogP contribution is 2.20. The fraction of sp³-hybridized carbons (Fsp3) is 0.300. The molecular formula is C10H11ClN2. The molecule has 1 aromatic rings. The van der Waals surface area contributed by atoms with Crippen LogP contribution in [0.25, 0.3) is 0 Å². The quantitative estimate of drug-likeness (QED) is 0.787. The second-order valence-corrected chi connectivity index (χ2v) is 3.38. The predicted molar refractivity (Wildman–Crippen MR) is 53.3 cm³/mol. The Kier molecular flexibility index (Phi) is 3.30. The molecule has 0 aromatic heterocycles. The van der Waals surface area contributed by atoms with Crippen molar-refractivity contribution in [2.75, 3.05) is 0 Å². The van der Waals surface area contributed by atoms with E-state index in [1.807, 2.05) is 31.2 Å². The van der Waals surface area contributed by atoms with Gasteiger partial charge in [0.05, 0.1) is 12.5 Å². The van der Waals surface area contributed by atoms with E-state index >= 15 is 0 Å². The van der Waals surface area contributed by atoms with Crippen molar-refractivity contribution in [1.82, 2.24) is 0 Å². The number of rotatable bonds is 2. The van der Waals surface area contributed by atoms with Gasteiger partial charge in [0, 0.05) is 11.1 Å². The molecule has 2 nitrogen and oxygen atoms in total. The third-order valence-corrected chi connectivity index (χ3v) is 2.35. The van der Waals surface area contributed by atoms with Crippen LogP contribution < -0.4 is 5.73 Å². The summed E-state index contributed by atoms with van der Waals surface area (Å²) in [7, 11) is 0. The lowest BCUT2D eigenvalue weighted by Gasteiger charge is -2.08. The SMILES string of the molecule is Cc1cc([C@H](N)CC#N)ccc1Cl. The Balaban J connectivity index is 2.91. The van der Waals surface area contributed by atoms with E-state index in [0.717, 1.165) is 16.1 Å². The molecule has 0 bridgehead atoms. The zero-order chi connectivity index (χ0) is 9.84. The minimum Gasteiger partial charge on any atom is -0.323 e. The maximum atomic E-state index is 8.47. The highest BCUT2D eigenvalue weighted by atomic mass is 35.5. The van der Waals surface area contributed by atoms with Gasteiger partial charge < -0.3 is 5.73 Å². The Morgan fingerprint density at radius 2 is 2.31 bits per heavy atom. The summed E-state index contributed by atoms with van der Waals surface area (Å²) in [4.78, 5) is 0. The van der Waals surface area contributed by atoms with Crippen LogP contribution in [0.4, 0.5) is 0 Å². The first-order valence-corrected chi connectivity index (χ1v) is 4.41. The molecule has 0 spiro atoms. The highest BCUT2D eigenvalue weighted by molar-refractivity contribution is 6.31. The molecule has 2 N–H and O–H groups in total. The monoisotopic (exact) mass is 194 g/mol. The van der Waals surface area contributed by atoms with E-state index in [2.05, 4.69) is 0 Å². The number of nitriles is 1. The third-order valence-electron chi connectivity index (χ3n) is 1.92. The van der Waals surface area contributed by atoms with E-state index in [-0.39, 0.29) is 6.04 Å². The Labute approximate surface area is 82.9 Å². The standard InChI is InChI=1S/C10H11ClN2/c1-7-6-8(2-3-9(7)11)10(13)4-5-12/h2-3,6,10H,4,13H2,1H3/t10-/m1/s1. The summed E-state index contributed by atoms with van der Waals surface area (Å²) in [6.07, 6.45) is 0.334. The Hall–Kier alpha value is -1.04. The van der Waals surface area contributed by atoms with E-state index in [4.69, 9.17) is 22.6 Å². The molecule has 0 saturated heterocycles. The lowest BCUT2D eigenvalue weighted by molar-refractivity contribution is 0.748. The molecule has 0 fully saturated rings. The molecule has 1 rings (SSSR count). The maximum Gasteiger partial charge on any atom is 0.0641 e. The molecule has 0 amide bonds. The van der Waals surface area contributed by atoms with Crippen LogP contribution in [0.2, 0.25) is 5.02 Å². The van der Waals surface area contributed by atoms with Crippen molar-refractivity contribution in [3.63, 3.8) is 0 Å². The number of aryl methyl sites for hydroxylation is 1. The first-order valence-electron chi connectivity index (χ1n) is 4.03. The molecule has 3 heteroatoms. The van der Waals surface area contributed by atoms with E-state index < -0.39 is 0 Å². The van der Waals surface area contributed by atoms with E-state index in [0.29, 0.717) is 6.42 Å². The van der Waals surface area contributed by atoms with Crippen LogP contribution in [0.3, 0.4) is 0 Å². The number of hydrogen-bond acceptors (Lipinski definition) is 2. The zero-order valence-corrected chi connectivity index (χ0v) is 8.17. The first kappa shape index (κ1) is 10.0. The molecule has 0 radical (unpaired) electrons. The van der Waals surface area contributed by atoms with Gasteiger partial charge in [-0.05, 0) is 24.1 Å². The maximum absolute atomic E-state index is 8.47. The van der Waals surface area contributed by atoms with Crippen molar-refractivity contribution in [3.05, 3.63) is 34.3 Å². The van der Waals surface area contributed by atoms with Crippen molar-refractivity contribution < 1.29 is 0 Å². The largest absolute Gasteiger partial charge is 0.323 e. The van der Waals surface area contributed by atoms with Gasteiger partial charge in [-0.1, -0.05) is 23.7 Å². The van der Waals surface area contributed by atoms with Crippen LogP contribution in [0, 0.1) is 18.3 Å². The normalized spacial score (nSPS) is 12.2. The molecule has 0 heterocycles. The average molecular weight is 195 g/mol. The Bertz CT molecular complexity index is 341.